The summed E-state index contributed by atoms with van der Waals surface area (Å²) in [6.45, 7) is 10.4. The minimum atomic E-state index is -5.33. The number of hydrogen-bond acceptors (Lipinski definition) is 16. The SMILES string of the molecule is CC[N+]1=C(/C=C(C)/C=C2/N(CCCCCC(=O)O)c3ccc4c(S(=O)(=O)[O-])cc(S(=O)(=O)[O-])cc4c3C2(C)CCOCCOC)C(C)(C)c2c1ccc1c(S(=O)(=O)[O-])cc(S(=O)(=O)[O-])cc21. The number of anilines is 1. The molecular formula is C44H49N2O16S4-3. The van der Waals surface area contributed by atoms with E-state index in [2.05, 4.69) is 0 Å². The van der Waals surface area contributed by atoms with Gasteiger partial charge in [-0.05, 0) is 124 Å². The van der Waals surface area contributed by atoms with Crippen LogP contribution in [-0.2, 0) is 65.6 Å². The van der Waals surface area contributed by atoms with Crippen LogP contribution in [0.4, 0.5) is 11.4 Å². The van der Waals surface area contributed by atoms with Crippen molar-refractivity contribution in [3.8, 4) is 0 Å². The number of carboxylic acid groups (broad SMARTS) is 1. The van der Waals surface area contributed by atoms with Crippen molar-refractivity contribution >= 4 is 85.1 Å². The molecule has 1 atom stereocenters. The average molecular weight is 990 g/mol. The van der Waals surface area contributed by atoms with Crippen LogP contribution in [0.15, 0.2) is 91.5 Å². The molecule has 0 radical (unpaired) electrons. The predicted octanol–water partition coefficient (Wildman–Crippen LogP) is 5.31. The molecule has 66 heavy (non-hydrogen) atoms. The van der Waals surface area contributed by atoms with Gasteiger partial charge in [-0.3, -0.25) is 4.79 Å². The van der Waals surface area contributed by atoms with Gasteiger partial charge in [0.25, 0.3) is 0 Å². The number of hydrogen-bond donors (Lipinski definition) is 1. The van der Waals surface area contributed by atoms with Crippen LogP contribution in [0.3, 0.4) is 0 Å². The van der Waals surface area contributed by atoms with Gasteiger partial charge in [0, 0.05) is 66.6 Å². The Labute approximate surface area is 384 Å². The third-order valence-corrected chi connectivity index (χ3v) is 15.6. The highest BCUT2D eigenvalue weighted by Gasteiger charge is 2.47. The number of nitrogens with zero attached hydrogens (tertiary/aromatic N) is 2. The summed E-state index contributed by atoms with van der Waals surface area (Å²) in [5.41, 5.74) is 1.64. The lowest BCUT2D eigenvalue weighted by Gasteiger charge is -2.31. The number of allylic oxidation sites excluding steroid dienone is 4. The van der Waals surface area contributed by atoms with Gasteiger partial charge in [-0.1, -0.05) is 12.5 Å². The first kappa shape index (κ1) is 50.8. The maximum absolute atomic E-state index is 12.7. The Balaban J connectivity index is 1.61. The first-order valence-corrected chi connectivity index (χ1v) is 26.4. The monoisotopic (exact) mass is 989 g/mol. The van der Waals surface area contributed by atoms with E-state index >= 15 is 0 Å². The maximum atomic E-state index is 12.7. The van der Waals surface area contributed by atoms with Gasteiger partial charge in [0.1, 0.15) is 47.0 Å². The van der Waals surface area contributed by atoms with Gasteiger partial charge in [0.2, 0.25) is 5.69 Å². The fourth-order valence-electron chi connectivity index (χ4n) is 9.31. The summed E-state index contributed by atoms with van der Waals surface area (Å²) in [5.74, 6) is -0.959. The van der Waals surface area contributed by atoms with Crippen molar-refractivity contribution in [2.75, 3.05) is 44.9 Å². The predicted molar refractivity (Wildman–Crippen MR) is 238 cm³/mol. The highest BCUT2D eigenvalue weighted by molar-refractivity contribution is 7.87. The quantitative estimate of drug-likeness (QED) is 0.0707. The minimum Gasteiger partial charge on any atom is -0.744 e. The molecule has 0 bridgehead atoms. The Morgan fingerprint density at radius 3 is 1.82 bits per heavy atom. The Bertz CT molecular complexity index is 3210. The zero-order valence-corrected chi connectivity index (χ0v) is 40.2. The molecule has 4 aromatic carbocycles. The minimum absolute atomic E-state index is 0.0314. The molecule has 0 aromatic heterocycles. The fraction of sp³-hybridized carbons (Fsp3) is 0.409. The van der Waals surface area contributed by atoms with E-state index < -0.39 is 76.9 Å². The molecule has 0 spiro atoms. The molecule has 358 valence electrons. The van der Waals surface area contributed by atoms with E-state index in [-0.39, 0.29) is 54.2 Å². The maximum Gasteiger partial charge on any atom is 0.303 e. The van der Waals surface area contributed by atoms with Crippen molar-refractivity contribution in [3.63, 3.8) is 0 Å². The topological polar surface area (TPSA) is 291 Å². The lowest BCUT2D eigenvalue weighted by molar-refractivity contribution is -0.433. The molecule has 0 amide bonds. The van der Waals surface area contributed by atoms with Crippen LogP contribution in [0, 0.1) is 0 Å². The summed E-state index contributed by atoms with van der Waals surface area (Å²) >= 11 is 0. The van der Waals surface area contributed by atoms with Crippen LogP contribution < -0.4 is 4.90 Å². The van der Waals surface area contributed by atoms with Gasteiger partial charge in [-0.15, -0.1) is 0 Å². The summed E-state index contributed by atoms with van der Waals surface area (Å²) in [5, 5.41) is 9.23. The standard InChI is InChI=1S/C44H52N2O16S4/c1-7-45-34-14-12-30-32(23-28(63(49,50)51)25-36(30)65(55,56)57)41(34)43(3,4)38(45)21-27(2)22-39-44(5,16-18-62-20-19-61-6)42-33-24-29(64(52,53)54)26-37(66(58,59)60)31(33)13-15-35(42)46(39)17-10-8-9-11-40(47)48/h12-15,21-26H,7-11,16-20H2,1-6H3,(H4-,47,48,49,50,51,52,53,54,55,56,57,58,59,60)/p-3. The number of carbonyl (C=O) groups is 1. The Morgan fingerprint density at radius 1 is 0.742 bits per heavy atom. The van der Waals surface area contributed by atoms with E-state index in [4.69, 9.17) is 9.47 Å². The van der Waals surface area contributed by atoms with Gasteiger partial charge < -0.3 is 37.7 Å². The van der Waals surface area contributed by atoms with Gasteiger partial charge in [0.05, 0.1) is 38.2 Å². The second-order valence-electron chi connectivity index (χ2n) is 17.0. The molecule has 0 saturated heterocycles. The number of aliphatic carboxylic acids is 1. The van der Waals surface area contributed by atoms with Crippen LogP contribution in [-0.4, -0.2) is 113 Å². The van der Waals surface area contributed by atoms with Gasteiger partial charge >= 0.3 is 5.97 Å². The number of benzene rings is 4. The smallest absolute Gasteiger partial charge is 0.303 e. The summed E-state index contributed by atoms with van der Waals surface area (Å²) in [4.78, 5) is 9.75. The second-order valence-corrected chi connectivity index (χ2v) is 22.4. The van der Waals surface area contributed by atoms with Crippen molar-refractivity contribution in [1.82, 2.24) is 0 Å². The summed E-state index contributed by atoms with van der Waals surface area (Å²) in [6, 6.07) is 9.27. The molecule has 22 heteroatoms. The number of fused-ring (bicyclic) bond motifs is 6. The summed E-state index contributed by atoms with van der Waals surface area (Å²) in [7, 11) is -19.6. The lowest BCUT2D eigenvalue weighted by Crippen LogP contribution is -2.31. The number of carboxylic acids is 1. The normalized spacial score (nSPS) is 18.5. The Hall–Kier alpha value is -4.62. The molecule has 0 saturated carbocycles. The van der Waals surface area contributed by atoms with E-state index in [0.717, 1.165) is 12.1 Å². The third kappa shape index (κ3) is 9.84. The highest BCUT2D eigenvalue weighted by Crippen LogP contribution is 2.54. The first-order chi connectivity index (χ1) is 30.6. The van der Waals surface area contributed by atoms with Gasteiger partial charge in [-0.25, -0.2) is 33.7 Å². The zero-order chi connectivity index (χ0) is 48.9. The van der Waals surface area contributed by atoms with Crippen molar-refractivity contribution < 1.29 is 75.8 Å². The number of unbranched alkanes of at least 4 members (excludes halogenated alkanes) is 2. The zero-order valence-electron chi connectivity index (χ0n) is 36.9. The fourth-order valence-corrected chi connectivity index (χ4v) is 11.9. The van der Waals surface area contributed by atoms with E-state index in [0.29, 0.717) is 84.0 Å². The molecule has 1 unspecified atom stereocenters. The van der Waals surface area contributed by atoms with E-state index in [1.807, 2.05) is 49.3 Å². The number of rotatable bonds is 19. The average Bonchev–Trinajstić information content (AvgIpc) is 3.57. The van der Waals surface area contributed by atoms with E-state index in [1.54, 1.807) is 19.1 Å². The third-order valence-electron chi connectivity index (χ3n) is 12.3. The summed E-state index contributed by atoms with van der Waals surface area (Å²) in [6.07, 6.45) is 5.21. The van der Waals surface area contributed by atoms with E-state index in [1.165, 1.54) is 19.2 Å². The molecule has 6 rings (SSSR count). The van der Waals surface area contributed by atoms with Crippen LogP contribution >= 0.6 is 0 Å². The molecule has 18 nitrogen and oxygen atoms in total. The molecule has 2 aliphatic rings. The van der Waals surface area contributed by atoms with Crippen LogP contribution in [0.1, 0.15) is 77.8 Å². The molecule has 2 heterocycles. The van der Waals surface area contributed by atoms with Crippen molar-refractivity contribution in [2.24, 2.45) is 0 Å². The molecule has 1 N–H and O–H groups in total. The first-order valence-electron chi connectivity index (χ1n) is 20.7. The molecule has 2 aliphatic heterocycles. The molecular weight excluding hydrogens is 941 g/mol. The number of ether oxygens (including phenoxy) is 2. The van der Waals surface area contributed by atoms with Gasteiger partial charge in [0.15, 0.2) is 5.71 Å². The second kappa shape index (κ2) is 18.5. The largest absolute Gasteiger partial charge is 0.744 e. The Morgan fingerprint density at radius 2 is 1.30 bits per heavy atom. The van der Waals surface area contributed by atoms with Crippen LogP contribution in [0.25, 0.3) is 21.5 Å². The highest BCUT2D eigenvalue weighted by atomic mass is 32.2. The van der Waals surface area contributed by atoms with Crippen molar-refractivity contribution in [3.05, 3.63) is 83.1 Å². The van der Waals surface area contributed by atoms with Gasteiger partial charge in [-0.2, -0.15) is 4.58 Å². The molecule has 0 fully saturated rings. The van der Waals surface area contributed by atoms with Crippen LogP contribution in [0.5, 0.6) is 0 Å². The lowest BCUT2D eigenvalue weighted by atomic mass is 9.76. The van der Waals surface area contributed by atoms with Crippen molar-refractivity contribution in [1.29, 1.82) is 0 Å². The van der Waals surface area contributed by atoms with Crippen molar-refractivity contribution in [2.45, 2.75) is 97.1 Å². The van der Waals surface area contributed by atoms with Crippen LogP contribution in [0.2, 0.25) is 0 Å². The van der Waals surface area contributed by atoms with E-state index in [9.17, 15) is 61.8 Å². The molecule has 0 aliphatic carbocycles. The Kier molecular flexibility index (Phi) is 14.2. The number of methoxy groups -OCH3 is 1. The molecule has 4 aromatic rings. The summed E-state index contributed by atoms with van der Waals surface area (Å²) < 4.78 is 163.